The summed E-state index contributed by atoms with van der Waals surface area (Å²) in [5.41, 5.74) is -0.0787. The van der Waals surface area contributed by atoms with Gasteiger partial charge in [0.1, 0.15) is 12.3 Å². The summed E-state index contributed by atoms with van der Waals surface area (Å²) in [4.78, 5) is 27.4. The third-order valence-corrected chi connectivity index (χ3v) is 3.69. The summed E-state index contributed by atoms with van der Waals surface area (Å²) in [5.74, 6) is -0.359. The Labute approximate surface area is 131 Å². The number of rotatable bonds is 6. The molecule has 8 nitrogen and oxygen atoms in total. The molecule has 2 aromatic heterocycles. The summed E-state index contributed by atoms with van der Waals surface area (Å²) < 4.78 is 10.3. The van der Waals surface area contributed by atoms with E-state index in [2.05, 4.69) is 15.5 Å². The maximum atomic E-state index is 12.2. The topological polar surface area (TPSA) is 118 Å². The van der Waals surface area contributed by atoms with Crippen LogP contribution in [0.4, 0.5) is 0 Å². The van der Waals surface area contributed by atoms with E-state index >= 15 is 0 Å². The second-order valence-corrected chi connectivity index (χ2v) is 5.97. The Morgan fingerprint density at radius 2 is 2.13 bits per heavy atom. The SMILES string of the molecule is CC(C)[C@@H](NC(=O)c1cc(C(=O)O)co1)c1nc(C2CC2)no1. The van der Waals surface area contributed by atoms with Crippen molar-refractivity contribution >= 4 is 11.9 Å². The van der Waals surface area contributed by atoms with Crippen molar-refractivity contribution in [2.24, 2.45) is 5.92 Å². The van der Waals surface area contributed by atoms with E-state index in [1.807, 2.05) is 13.8 Å². The highest BCUT2D eigenvalue weighted by Crippen LogP contribution is 2.38. The number of carboxylic acid groups (broad SMARTS) is 1. The summed E-state index contributed by atoms with van der Waals surface area (Å²) in [5, 5.41) is 15.6. The van der Waals surface area contributed by atoms with E-state index in [-0.39, 0.29) is 17.2 Å². The average Bonchev–Trinajstić information content (AvgIpc) is 3.04. The van der Waals surface area contributed by atoms with Crippen molar-refractivity contribution in [2.45, 2.75) is 38.6 Å². The van der Waals surface area contributed by atoms with E-state index < -0.39 is 17.9 Å². The van der Waals surface area contributed by atoms with E-state index in [9.17, 15) is 9.59 Å². The van der Waals surface area contributed by atoms with Gasteiger partial charge in [-0.2, -0.15) is 4.98 Å². The number of carbonyl (C=O) groups excluding carboxylic acids is 1. The quantitative estimate of drug-likeness (QED) is 0.838. The molecule has 23 heavy (non-hydrogen) atoms. The zero-order valence-electron chi connectivity index (χ0n) is 12.8. The van der Waals surface area contributed by atoms with Gasteiger partial charge in [0.05, 0.1) is 5.56 Å². The van der Waals surface area contributed by atoms with Crippen molar-refractivity contribution in [1.29, 1.82) is 0 Å². The summed E-state index contributed by atoms with van der Waals surface area (Å²) in [6.45, 7) is 3.83. The number of aromatic nitrogens is 2. The van der Waals surface area contributed by atoms with Crippen LogP contribution in [0.3, 0.4) is 0 Å². The maximum absolute atomic E-state index is 12.2. The van der Waals surface area contributed by atoms with Crippen molar-refractivity contribution in [3.63, 3.8) is 0 Å². The molecule has 8 heteroatoms. The lowest BCUT2D eigenvalue weighted by Crippen LogP contribution is -2.31. The molecule has 2 heterocycles. The lowest BCUT2D eigenvalue weighted by Gasteiger charge is -2.17. The smallest absolute Gasteiger partial charge is 0.338 e. The third-order valence-electron chi connectivity index (χ3n) is 3.69. The van der Waals surface area contributed by atoms with Gasteiger partial charge in [-0.05, 0) is 18.8 Å². The number of carbonyl (C=O) groups is 2. The van der Waals surface area contributed by atoms with Gasteiger partial charge in [-0.3, -0.25) is 4.79 Å². The molecule has 1 aliphatic rings. The van der Waals surface area contributed by atoms with Gasteiger partial charge in [0.25, 0.3) is 5.91 Å². The fourth-order valence-electron chi connectivity index (χ4n) is 2.17. The molecule has 3 rings (SSSR count). The largest absolute Gasteiger partial charge is 0.478 e. The highest BCUT2D eigenvalue weighted by molar-refractivity contribution is 5.95. The van der Waals surface area contributed by atoms with Crippen LogP contribution in [0.2, 0.25) is 0 Å². The normalized spacial score (nSPS) is 15.6. The number of furan rings is 1. The maximum Gasteiger partial charge on any atom is 0.338 e. The third kappa shape index (κ3) is 3.25. The number of aromatic carboxylic acids is 1. The van der Waals surface area contributed by atoms with Crippen LogP contribution in [-0.2, 0) is 0 Å². The second-order valence-electron chi connectivity index (χ2n) is 5.97. The van der Waals surface area contributed by atoms with Gasteiger partial charge < -0.3 is 19.4 Å². The molecule has 0 unspecified atom stereocenters. The van der Waals surface area contributed by atoms with Gasteiger partial charge in [-0.1, -0.05) is 19.0 Å². The van der Waals surface area contributed by atoms with E-state index in [1.165, 1.54) is 6.07 Å². The molecule has 1 fully saturated rings. The zero-order chi connectivity index (χ0) is 16.6. The molecule has 0 saturated heterocycles. The highest BCUT2D eigenvalue weighted by atomic mass is 16.5. The number of amides is 1. The molecule has 2 aromatic rings. The Bertz CT molecular complexity index is 729. The van der Waals surface area contributed by atoms with E-state index in [0.717, 1.165) is 19.1 Å². The van der Waals surface area contributed by atoms with Gasteiger partial charge in [0.15, 0.2) is 11.6 Å². The molecular formula is C15H17N3O5. The minimum absolute atomic E-state index is 0.0142. The lowest BCUT2D eigenvalue weighted by atomic mass is 10.0. The van der Waals surface area contributed by atoms with Crippen molar-refractivity contribution in [1.82, 2.24) is 15.5 Å². The summed E-state index contributed by atoms with van der Waals surface area (Å²) in [6, 6.07) is 0.708. The van der Waals surface area contributed by atoms with Crippen molar-refractivity contribution < 1.29 is 23.6 Å². The van der Waals surface area contributed by atoms with Gasteiger partial charge in [-0.15, -0.1) is 0 Å². The molecule has 0 spiro atoms. The fourth-order valence-corrected chi connectivity index (χ4v) is 2.17. The molecule has 1 aliphatic carbocycles. The van der Waals surface area contributed by atoms with Gasteiger partial charge in [0.2, 0.25) is 5.89 Å². The Morgan fingerprint density at radius 3 is 2.70 bits per heavy atom. The zero-order valence-corrected chi connectivity index (χ0v) is 12.8. The van der Waals surface area contributed by atoms with Crippen molar-refractivity contribution in [2.75, 3.05) is 0 Å². The second kappa shape index (κ2) is 5.86. The first kappa shape index (κ1) is 15.3. The van der Waals surface area contributed by atoms with Crippen LogP contribution < -0.4 is 5.32 Å². The van der Waals surface area contributed by atoms with Crippen LogP contribution in [0.5, 0.6) is 0 Å². The Balaban J connectivity index is 1.75. The molecule has 1 atom stereocenters. The average molecular weight is 319 g/mol. The first-order valence-electron chi connectivity index (χ1n) is 7.42. The Morgan fingerprint density at radius 1 is 1.39 bits per heavy atom. The Hall–Kier alpha value is -2.64. The molecule has 0 radical (unpaired) electrons. The number of carboxylic acids is 1. The minimum atomic E-state index is -1.15. The van der Waals surface area contributed by atoms with Gasteiger partial charge >= 0.3 is 5.97 Å². The molecule has 0 aliphatic heterocycles. The molecule has 0 aromatic carbocycles. The van der Waals surface area contributed by atoms with Crippen LogP contribution in [0.25, 0.3) is 0 Å². The lowest BCUT2D eigenvalue weighted by molar-refractivity contribution is 0.0695. The fraction of sp³-hybridized carbons (Fsp3) is 0.467. The molecular weight excluding hydrogens is 302 g/mol. The molecule has 122 valence electrons. The van der Waals surface area contributed by atoms with E-state index in [1.54, 1.807) is 0 Å². The monoisotopic (exact) mass is 319 g/mol. The first-order chi connectivity index (χ1) is 11.0. The van der Waals surface area contributed by atoms with Crippen LogP contribution >= 0.6 is 0 Å². The molecule has 1 saturated carbocycles. The predicted molar refractivity (Wildman–Crippen MR) is 77.0 cm³/mol. The number of hydrogen-bond acceptors (Lipinski definition) is 6. The summed E-state index contributed by atoms with van der Waals surface area (Å²) in [6.07, 6.45) is 3.14. The Kier molecular flexibility index (Phi) is 3.89. The number of nitrogens with one attached hydrogen (secondary N) is 1. The van der Waals surface area contributed by atoms with Crippen molar-refractivity contribution in [3.05, 3.63) is 35.4 Å². The standard InChI is InChI=1S/C15H17N3O5/c1-7(2)11(14-17-12(18-23-14)8-3-4-8)16-13(19)10-5-9(6-22-10)15(20)21/h5-8,11H,3-4H2,1-2H3,(H,16,19)(H,20,21)/t11-/m1/s1. The van der Waals surface area contributed by atoms with E-state index in [0.29, 0.717) is 17.6 Å². The van der Waals surface area contributed by atoms with Crippen LogP contribution in [0, 0.1) is 5.92 Å². The summed E-state index contributed by atoms with van der Waals surface area (Å²) in [7, 11) is 0. The van der Waals surface area contributed by atoms with E-state index in [4.69, 9.17) is 14.0 Å². The highest BCUT2D eigenvalue weighted by Gasteiger charge is 2.32. The van der Waals surface area contributed by atoms with Crippen molar-refractivity contribution in [3.8, 4) is 0 Å². The number of nitrogens with zero attached hydrogens (tertiary/aromatic N) is 2. The molecule has 0 bridgehead atoms. The minimum Gasteiger partial charge on any atom is -0.478 e. The first-order valence-corrected chi connectivity index (χ1v) is 7.42. The predicted octanol–water partition coefficient (Wildman–Crippen LogP) is 2.37. The van der Waals surface area contributed by atoms with Gasteiger partial charge in [-0.25, -0.2) is 4.79 Å². The number of hydrogen-bond donors (Lipinski definition) is 2. The van der Waals surface area contributed by atoms with Crippen LogP contribution in [0.1, 0.15) is 71.3 Å². The molecule has 1 amide bonds. The summed E-state index contributed by atoms with van der Waals surface area (Å²) >= 11 is 0. The molecule has 2 N–H and O–H groups in total. The van der Waals surface area contributed by atoms with Gasteiger partial charge in [0, 0.05) is 12.0 Å². The van der Waals surface area contributed by atoms with Crippen LogP contribution in [0.15, 0.2) is 21.3 Å². The van der Waals surface area contributed by atoms with Crippen LogP contribution in [-0.4, -0.2) is 27.1 Å².